The second-order valence-electron chi connectivity index (χ2n) is 9.60. The smallest absolute Gasteiger partial charge is 0.391 e. The van der Waals surface area contributed by atoms with E-state index in [1.54, 1.807) is 29.0 Å². The lowest BCUT2D eigenvalue weighted by Gasteiger charge is -2.27. The summed E-state index contributed by atoms with van der Waals surface area (Å²) in [6.45, 7) is 3.49. The van der Waals surface area contributed by atoms with Crippen LogP contribution in [-0.2, 0) is 22.7 Å². The van der Waals surface area contributed by atoms with Gasteiger partial charge in [-0.1, -0.05) is 19.9 Å². The van der Waals surface area contributed by atoms with Gasteiger partial charge in [0, 0.05) is 25.4 Å². The molecule has 0 saturated heterocycles. The third-order valence-corrected chi connectivity index (χ3v) is 8.57. The first-order valence-corrected chi connectivity index (χ1v) is 14.1. The minimum absolute atomic E-state index is 0.162. The summed E-state index contributed by atoms with van der Waals surface area (Å²) in [7, 11) is -1.59. The maximum Gasteiger partial charge on any atom is 0.391 e. The molecular weight excluding hydrogens is 495 g/mol. The summed E-state index contributed by atoms with van der Waals surface area (Å²) in [5, 5.41) is 2.61. The summed E-state index contributed by atoms with van der Waals surface area (Å²) in [5.41, 5.74) is 1.32. The molecule has 1 heterocycles. The fourth-order valence-corrected chi connectivity index (χ4v) is 5.72. The number of hydrogen-bond donors (Lipinski definition) is 1. The average Bonchev–Trinajstić information content (AvgIpc) is 3.26. The molecule has 1 aliphatic carbocycles. The first-order chi connectivity index (χ1) is 16.8. The topological polar surface area (TPSA) is 90.3 Å². The van der Waals surface area contributed by atoms with E-state index < -0.39 is 21.9 Å². The van der Waals surface area contributed by atoms with Gasteiger partial charge in [0.05, 0.1) is 24.0 Å². The van der Waals surface area contributed by atoms with E-state index in [2.05, 4.69) is 10.3 Å². The normalized spacial score (nSPS) is 19.6. The Labute approximate surface area is 210 Å². The van der Waals surface area contributed by atoms with Gasteiger partial charge >= 0.3 is 6.18 Å². The van der Waals surface area contributed by atoms with Crippen LogP contribution in [0.2, 0.25) is 0 Å². The molecule has 1 fully saturated rings. The Morgan fingerprint density at radius 1 is 1.25 bits per heavy atom. The van der Waals surface area contributed by atoms with Crippen molar-refractivity contribution in [1.29, 1.82) is 0 Å². The van der Waals surface area contributed by atoms with Crippen LogP contribution in [0.4, 0.5) is 13.2 Å². The summed E-state index contributed by atoms with van der Waals surface area (Å²) in [6, 6.07) is 4.90. The van der Waals surface area contributed by atoms with Crippen LogP contribution < -0.4 is 10.1 Å². The number of nitrogens with zero attached hydrogens (tertiary/aromatic N) is 2. The number of halogens is 3. The number of imidazole rings is 1. The number of carbonyl (C=O) groups is 1. The predicted molar refractivity (Wildman–Crippen MR) is 131 cm³/mol. The Hall–Kier alpha value is -2.56. The van der Waals surface area contributed by atoms with Crippen LogP contribution in [0.25, 0.3) is 5.69 Å². The van der Waals surface area contributed by atoms with Gasteiger partial charge in [-0.15, -0.1) is 0 Å². The van der Waals surface area contributed by atoms with Crippen LogP contribution in [-0.4, -0.2) is 55.2 Å². The molecule has 7 nitrogen and oxygen atoms in total. The molecule has 11 heteroatoms. The molecule has 1 amide bonds. The summed E-state index contributed by atoms with van der Waals surface area (Å²) < 4.78 is 69.6. The number of rotatable bonds is 9. The molecule has 1 aromatic heterocycles. The van der Waals surface area contributed by atoms with Crippen LogP contribution in [0.3, 0.4) is 0 Å². The predicted octanol–water partition coefficient (Wildman–Crippen LogP) is 4.52. The van der Waals surface area contributed by atoms with Crippen LogP contribution in [0.15, 0.2) is 24.4 Å². The van der Waals surface area contributed by atoms with Crippen molar-refractivity contribution < 1.29 is 31.1 Å². The highest BCUT2D eigenvalue weighted by atomic mass is 32.2. The summed E-state index contributed by atoms with van der Waals surface area (Å²) in [4.78, 5) is 17.3. The molecule has 0 aliphatic heterocycles. The number of aromatic nitrogens is 2. The van der Waals surface area contributed by atoms with Crippen molar-refractivity contribution in [3.05, 3.63) is 41.5 Å². The van der Waals surface area contributed by atoms with Crippen LogP contribution in [0.1, 0.15) is 61.4 Å². The molecular formula is C25H34F3N3O4S. The van der Waals surface area contributed by atoms with Crippen molar-refractivity contribution >= 4 is 15.7 Å². The zero-order valence-corrected chi connectivity index (χ0v) is 21.9. The molecule has 36 heavy (non-hydrogen) atoms. The first-order valence-electron chi connectivity index (χ1n) is 12.1. The SMILES string of the molecule is CCc1nc(C(=O)NCC2CCC(S(C)(=O)=O)CC2)cn1-c1ccc(CC(C)C(F)(F)F)cc1OC. The zero-order chi connectivity index (χ0) is 26.7. The number of methoxy groups -OCH3 is 1. The molecule has 0 radical (unpaired) electrons. The van der Waals surface area contributed by atoms with Gasteiger partial charge < -0.3 is 10.1 Å². The fourth-order valence-electron chi connectivity index (χ4n) is 4.59. The highest BCUT2D eigenvalue weighted by Crippen LogP contribution is 2.32. The van der Waals surface area contributed by atoms with Crippen molar-refractivity contribution in [1.82, 2.24) is 14.9 Å². The molecule has 1 atom stereocenters. The summed E-state index contributed by atoms with van der Waals surface area (Å²) in [6.07, 6.45) is 1.64. The highest BCUT2D eigenvalue weighted by Gasteiger charge is 2.36. The number of benzene rings is 1. The van der Waals surface area contributed by atoms with Gasteiger partial charge in [0.15, 0.2) is 0 Å². The minimum Gasteiger partial charge on any atom is -0.495 e. The van der Waals surface area contributed by atoms with Crippen molar-refractivity contribution in [2.75, 3.05) is 19.9 Å². The zero-order valence-electron chi connectivity index (χ0n) is 21.1. The Kier molecular flexibility index (Phi) is 8.74. The number of nitrogens with one attached hydrogen (secondary N) is 1. The molecule has 2 aromatic rings. The lowest BCUT2D eigenvalue weighted by molar-refractivity contribution is -0.169. The number of sulfone groups is 1. The number of hydrogen-bond acceptors (Lipinski definition) is 5. The van der Waals surface area contributed by atoms with E-state index in [9.17, 15) is 26.4 Å². The number of alkyl halides is 3. The van der Waals surface area contributed by atoms with Crippen molar-refractivity contribution in [2.24, 2.45) is 11.8 Å². The molecule has 3 rings (SSSR count). The standard InChI is InChI=1S/C25H34F3N3O4S/c1-5-23-30-20(24(32)29-14-17-6-9-19(10-7-17)36(4,33)34)15-31(23)21-11-8-18(13-22(21)35-3)12-16(2)25(26,27)28/h8,11,13,15-17,19H,5-7,9-10,12,14H2,1-4H3,(H,29,32). The maximum absolute atomic E-state index is 13.0. The molecule has 1 aliphatic rings. The molecule has 0 spiro atoms. The van der Waals surface area contributed by atoms with Gasteiger partial charge in [-0.2, -0.15) is 13.2 Å². The van der Waals surface area contributed by atoms with E-state index in [-0.39, 0.29) is 29.2 Å². The molecule has 1 aromatic carbocycles. The third-order valence-electron chi connectivity index (χ3n) is 6.88. The van der Waals surface area contributed by atoms with Crippen LogP contribution in [0.5, 0.6) is 5.75 Å². The molecule has 1 saturated carbocycles. The Bertz CT molecular complexity index is 1170. The van der Waals surface area contributed by atoms with Crippen molar-refractivity contribution in [3.8, 4) is 11.4 Å². The van der Waals surface area contributed by atoms with Gasteiger partial charge in [0.1, 0.15) is 27.1 Å². The van der Waals surface area contributed by atoms with Crippen molar-refractivity contribution in [3.63, 3.8) is 0 Å². The Balaban J connectivity index is 1.71. The maximum atomic E-state index is 13.0. The second kappa shape index (κ2) is 11.2. The number of aryl methyl sites for hydroxylation is 1. The van der Waals surface area contributed by atoms with E-state index in [0.29, 0.717) is 48.6 Å². The Morgan fingerprint density at radius 2 is 1.92 bits per heavy atom. The molecule has 1 unspecified atom stereocenters. The van der Waals surface area contributed by atoms with E-state index in [1.165, 1.54) is 13.4 Å². The first kappa shape index (κ1) is 28.0. The lowest BCUT2D eigenvalue weighted by Crippen LogP contribution is -2.34. The fraction of sp³-hybridized carbons (Fsp3) is 0.600. The monoisotopic (exact) mass is 529 g/mol. The second-order valence-corrected chi connectivity index (χ2v) is 11.9. The van der Waals surface area contributed by atoms with Crippen molar-refractivity contribution in [2.45, 2.75) is 63.8 Å². The third kappa shape index (κ3) is 6.80. The Morgan fingerprint density at radius 3 is 2.47 bits per heavy atom. The van der Waals surface area contributed by atoms with Gasteiger partial charge in [0.2, 0.25) is 0 Å². The van der Waals surface area contributed by atoms with Crippen LogP contribution >= 0.6 is 0 Å². The van der Waals surface area contributed by atoms with Crippen LogP contribution in [0, 0.1) is 11.8 Å². The molecule has 1 N–H and O–H groups in total. The van der Waals surface area contributed by atoms with E-state index >= 15 is 0 Å². The summed E-state index contributed by atoms with van der Waals surface area (Å²) in [5.74, 6) is -0.592. The van der Waals surface area contributed by atoms with Gasteiger partial charge in [-0.3, -0.25) is 9.36 Å². The largest absolute Gasteiger partial charge is 0.495 e. The highest BCUT2D eigenvalue weighted by molar-refractivity contribution is 7.91. The van der Waals surface area contributed by atoms with E-state index in [0.717, 1.165) is 19.8 Å². The minimum atomic E-state index is -4.28. The molecule has 200 valence electrons. The van der Waals surface area contributed by atoms with E-state index in [1.807, 2.05) is 6.92 Å². The van der Waals surface area contributed by atoms with Gasteiger partial charge in [-0.25, -0.2) is 13.4 Å². The van der Waals surface area contributed by atoms with E-state index in [4.69, 9.17) is 4.74 Å². The quantitative estimate of drug-likeness (QED) is 0.516. The summed E-state index contributed by atoms with van der Waals surface area (Å²) >= 11 is 0. The number of carbonyl (C=O) groups excluding carboxylic acids is 1. The number of amides is 1. The average molecular weight is 530 g/mol. The molecule has 0 bridgehead atoms. The number of ether oxygens (including phenoxy) is 1. The lowest BCUT2D eigenvalue weighted by atomic mass is 9.89. The van der Waals surface area contributed by atoms with Gasteiger partial charge in [-0.05, 0) is 55.7 Å². The van der Waals surface area contributed by atoms with Gasteiger partial charge in [0.25, 0.3) is 5.91 Å².